The van der Waals surface area contributed by atoms with Crippen LogP contribution in [0, 0.1) is 0 Å². The van der Waals surface area contributed by atoms with E-state index in [1.54, 1.807) is 53.4 Å². The quantitative estimate of drug-likeness (QED) is 0.0284. The van der Waals surface area contributed by atoms with Crippen molar-refractivity contribution in [3.8, 4) is 11.4 Å². The first-order chi connectivity index (χ1) is 42.7. The first kappa shape index (κ1) is 60.7. The van der Waals surface area contributed by atoms with Crippen molar-refractivity contribution in [1.29, 1.82) is 0 Å². The molecule has 460 valence electrons. The number of hydrogen-bond acceptors (Lipinski definition) is 23. The molecule has 0 bridgehead atoms. The number of nitrogens with zero attached hydrogens (tertiary/aromatic N) is 10. The lowest BCUT2D eigenvalue weighted by Gasteiger charge is -2.27. The van der Waals surface area contributed by atoms with E-state index in [2.05, 4.69) is 46.0 Å². The number of hydrogen-bond donors (Lipinski definition) is 8. The van der Waals surface area contributed by atoms with Crippen molar-refractivity contribution < 1.29 is 73.5 Å². The van der Waals surface area contributed by atoms with Gasteiger partial charge in [0.1, 0.15) is 41.6 Å². The van der Waals surface area contributed by atoms with Gasteiger partial charge in [0, 0.05) is 46.0 Å². The molecule has 1 aliphatic rings. The van der Waals surface area contributed by atoms with E-state index in [-0.39, 0.29) is 96.9 Å². The molecule has 4 heterocycles. The summed E-state index contributed by atoms with van der Waals surface area (Å²) in [6.45, 7) is 1.17. The lowest BCUT2D eigenvalue weighted by Crippen LogP contribution is -2.37. The second kappa shape index (κ2) is 23.4. The first-order valence-electron chi connectivity index (χ1n) is 26.1. The molecule has 1 fully saturated rings. The van der Waals surface area contributed by atoms with E-state index in [9.17, 15) is 68.7 Å². The van der Waals surface area contributed by atoms with Crippen LogP contribution in [0.5, 0.6) is 0 Å². The van der Waals surface area contributed by atoms with Gasteiger partial charge in [-0.15, -0.1) is 20.4 Å². The number of thiol groups is 2. The Morgan fingerprint density at radius 2 is 0.789 bits per heavy atom. The number of nitrogens with one attached hydrogen (secondary N) is 2. The highest BCUT2D eigenvalue weighted by molar-refractivity contribution is 7.86. The summed E-state index contributed by atoms with van der Waals surface area (Å²) in [7, 11) is -26.2. The van der Waals surface area contributed by atoms with Crippen LogP contribution in [0.4, 0.5) is 29.2 Å². The van der Waals surface area contributed by atoms with Gasteiger partial charge in [-0.3, -0.25) is 18.2 Å². The van der Waals surface area contributed by atoms with E-state index in [4.69, 9.17) is 4.74 Å². The van der Waals surface area contributed by atoms with Crippen molar-refractivity contribution in [2.45, 2.75) is 29.4 Å². The van der Waals surface area contributed by atoms with Crippen LogP contribution in [0.25, 0.3) is 79.3 Å². The van der Waals surface area contributed by atoms with Crippen LogP contribution in [-0.4, -0.2) is 140 Å². The van der Waals surface area contributed by atoms with Gasteiger partial charge >= 0.3 is 0 Å². The molecule has 3 aromatic heterocycles. The minimum absolute atomic E-state index is 0.00368. The van der Waals surface area contributed by atoms with Crippen molar-refractivity contribution in [3.05, 3.63) is 156 Å². The molecule has 1 saturated heterocycles. The largest absolute Gasteiger partial charge is 0.378 e. The van der Waals surface area contributed by atoms with Crippen molar-refractivity contribution in [2.75, 3.05) is 41.8 Å². The summed E-state index contributed by atoms with van der Waals surface area (Å²) in [6, 6.07) is 30.6. The van der Waals surface area contributed by atoms with Gasteiger partial charge < -0.3 is 20.3 Å². The second-order valence-electron chi connectivity index (χ2n) is 19.8. The molecule has 0 unspecified atom stereocenters. The number of fused-ring (bicyclic) bond motifs is 6. The minimum atomic E-state index is -5.06. The van der Waals surface area contributed by atoms with Crippen LogP contribution in [-0.2, 0) is 66.6 Å². The number of rotatable bonds is 17. The molecule has 0 amide bonds. The molecule has 1 aliphatic heterocycles. The summed E-state index contributed by atoms with van der Waals surface area (Å²) < 4.78 is 199. The predicted molar refractivity (Wildman–Crippen MR) is 329 cm³/mol. The van der Waals surface area contributed by atoms with Crippen molar-refractivity contribution in [1.82, 2.24) is 44.9 Å². The normalized spacial score (nSPS) is 13.7. The molecule has 90 heavy (non-hydrogen) atoms. The average Bonchev–Trinajstić information content (AvgIpc) is 1.66. The Hall–Kier alpha value is -9.53. The zero-order chi connectivity index (χ0) is 63.6. The Kier molecular flexibility index (Phi) is 15.8. The molecular weight excluding hydrogens is 1290 g/mol. The Bertz CT molecular complexity index is 5210. The fourth-order valence-electron chi connectivity index (χ4n) is 9.95. The molecule has 0 radical (unpaired) electrons. The number of aromatic nitrogens is 9. The van der Waals surface area contributed by atoms with Gasteiger partial charge in [-0.25, -0.2) is 16.8 Å². The zero-order valence-electron chi connectivity index (χ0n) is 45.4. The molecule has 12 rings (SSSR count). The molecule has 0 atom stereocenters. The summed E-state index contributed by atoms with van der Waals surface area (Å²) in [5, 5.41) is 25.1. The number of anilines is 5. The second-order valence-corrected chi connectivity index (χ2v) is 27.3. The van der Waals surface area contributed by atoms with Gasteiger partial charge in [0.2, 0.25) is 17.8 Å². The summed E-state index contributed by atoms with van der Waals surface area (Å²) in [6.07, 6.45) is 4.67. The molecule has 0 spiro atoms. The number of morpholine rings is 1. The third-order valence-electron chi connectivity index (χ3n) is 14.0. The summed E-state index contributed by atoms with van der Waals surface area (Å²) in [5.74, 6) is -0.355. The molecule has 29 nitrogen and oxygen atoms in total. The highest BCUT2D eigenvalue weighted by atomic mass is 32.2. The fraction of sp³-hybridized carbons (Fsp3) is 0.0727. The topological polar surface area (TPSA) is 422 Å². The molecule has 8 aromatic carbocycles. The van der Waals surface area contributed by atoms with Crippen molar-refractivity contribution >= 4 is 159 Å². The van der Waals surface area contributed by atoms with Crippen LogP contribution in [0.15, 0.2) is 163 Å². The standard InChI is InChI=1S/C55H42N12O17S6/c68-85(69)45-29-43-51(41-7-3-1-5-39(41)45)63-66(61-43)37-19-15-33(49(27-37)89(78,79)80)11-9-31-13-17-35(25-47(31)87(72,73)74)56-53-58-54(60-55(59-53)65-21-23-84-24-22-65)57-36-18-14-32(48(26-36)88(75,76)77)10-12-34-16-20-38(28-50(34)90(81,82)83)67-62-44-30-46(86(70)71)40-6-2-4-8-42(40)52(44)64-67/h1-20,25-30,85-86H,21-24H2,(H,72,73,74)(H,75,76,77)(H,78,79,80)(H,81,82,83)(H2,56,57,58,59,60). The average molecular weight is 1340 g/mol. The molecule has 0 saturated carbocycles. The van der Waals surface area contributed by atoms with E-state index in [1.165, 1.54) is 72.8 Å². The van der Waals surface area contributed by atoms with Crippen LogP contribution in [0.1, 0.15) is 22.3 Å². The van der Waals surface area contributed by atoms with Crippen LogP contribution in [0.3, 0.4) is 0 Å². The summed E-state index contributed by atoms with van der Waals surface area (Å²) in [4.78, 5) is 14.6. The smallest absolute Gasteiger partial charge is 0.295 e. The van der Waals surface area contributed by atoms with Gasteiger partial charge in [-0.1, -0.05) is 97.1 Å². The van der Waals surface area contributed by atoms with Crippen molar-refractivity contribution in [3.63, 3.8) is 0 Å². The first-order valence-corrected chi connectivity index (χ1v) is 34.2. The Morgan fingerprint density at radius 3 is 1.16 bits per heavy atom. The monoisotopic (exact) mass is 1330 g/mol. The maximum absolute atomic E-state index is 13.0. The maximum Gasteiger partial charge on any atom is 0.295 e. The van der Waals surface area contributed by atoms with E-state index in [0.29, 0.717) is 45.7 Å². The van der Waals surface area contributed by atoms with Gasteiger partial charge in [-0.2, -0.15) is 58.2 Å². The molecule has 35 heteroatoms. The maximum atomic E-state index is 13.0. The lowest BCUT2D eigenvalue weighted by atomic mass is 10.1. The van der Waals surface area contributed by atoms with E-state index in [1.807, 2.05) is 0 Å². The molecule has 0 aliphatic carbocycles. The van der Waals surface area contributed by atoms with E-state index >= 15 is 0 Å². The van der Waals surface area contributed by atoms with Gasteiger partial charge in [0.25, 0.3) is 40.5 Å². The van der Waals surface area contributed by atoms with E-state index < -0.39 is 81.5 Å². The van der Waals surface area contributed by atoms with E-state index in [0.717, 1.165) is 46.0 Å². The number of benzene rings is 8. The highest BCUT2D eigenvalue weighted by Gasteiger charge is 2.25. The third-order valence-corrected chi connectivity index (χ3v) is 19.2. The van der Waals surface area contributed by atoms with Crippen LogP contribution < -0.4 is 15.5 Å². The Labute approximate surface area is 512 Å². The van der Waals surface area contributed by atoms with Crippen LogP contribution in [0.2, 0.25) is 0 Å². The summed E-state index contributed by atoms with van der Waals surface area (Å²) in [5.41, 5.74) is 0.418. The molecule has 11 aromatic rings. The fourth-order valence-corrected chi connectivity index (χ4v) is 14.0. The predicted octanol–water partition coefficient (Wildman–Crippen LogP) is 6.24. The van der Waals surface area contributed by atoms with Crippen molar-refractivity contribution in [2.24, 2.45) is 0 Å². The molecular formula is C55H42N12O17S6. The third kappa shape index (κ3) is 12.5. The van der Waals surface area contributed by atoms with Crippen LogP contribution >= 0.6 is 0 Å². The van der Waals surface area contributed by atoms with Gasteiger partial charge in [0.05, 0.1) is 34.4 Å². The Balaban J connectivity index is 0.825. The lowest BCUT2D eigenvalue weighted by molar-refractivity contribution is 0.122. The SMILES string of the molecule is O=[SH](=O)c1cc2nn(-c3ccc(C=Cc4ccc(Nc5nc(Nc6ccc(C=Cc7ccc(-n8nc9cc([SH](=O)=O)c%10ccccc%10c9n8)cc7S(=O)(=O)O)c(S(=O)(=O)O)c6)nc(N6CCOCC6)n5)cc4S(=O)(=O)O)c(S(=O)(=O)O)c3)nc2c2ccccc12. The zero-order valence-corrected chi connectivity index (χ0v) is 50.5. The Morgan fingerprint density at radius 1 is 0.433 bits per heavy atom. The van der Waals surface area contributed by atoms with Gasteiger partial charge in [-0.05, 0) is 82.9 Å². The summed E-state index contributed by atoms with van der Waals surface area (Å²) >= 11 is 0. The minimum Gasteiger partial charge on any atom is -0.378 e. The number of ether oxygens (including phenoxy) is 1. The molecule has 6 N–H and O–H groups in total. The van der Waals surface area contributed by atoms with Gasteiger partial charge in [0.15, 0.2) is 21.4 Å². The highest BCUT2D eigenvalue weighted by Crippen LogP contribution is 2.34.